The molecule has 98 valence electrons. The third-order valence-corrected chi connectivity index (χ3v) is 3.31. The van der Waals surface area contributed by atoms with Crippen LogP contribution in [-0.4, -0.2) is 11.1 Å². The van der Waals surface area contributed by atoms with Crippen molar-refractivity contribution in [3.05, 3.63) is 59.7 Å². The molecule has 0 radical (unpaired) electrons. The van der Waals surface area contributed by atoms with E-state index in [1.165, 1.54) is 11.1 Å². The Labute approximate surface area is 113 Å². The molecule has 0 heterocycles. The van der Waals surface area contributed by atoms with Crippen LogP contribution in [0.3, 0.4) is 0 Å². The van der Waals surface area contributed by atoms with Gasteiger partial charge in [0.1, 0.15) is 0 Å². The Bertz CT molecular complexity index is 570. The topological polar surface area (TPSA) is 37.3 Å². The maximum atomic E-state index is 10.7. The second-order valence-corrected chi connectivity index (χ2v) is 4.99. The summed E-state index contributed by atoms with van der Waals surface area (Å²) in [6.07, 6.45) is 0.170. The Morgan fingerprint density at radius 2 is 1.79 bits per heavy atom. The summed E-state index contributed by atoms with van der Waals surface area (Å²) in [7, 11) is 0. The number of benzene rings is 2. The fourth-order valence-corrected chi connectivity index (χ4v) is 2.21. The second-order valence-electron chi connectivity index (χ2n) is 4.99. The van der Waals surface area contributed by atoms with E-state index in [1.807, 2.05) is 25.1 Å². The highest BCUT2D eigenvalue weighted by Gasteiger charge is 2.10. The molecule has 1 unspecified atom stereocenters. The zero-order chi connectivity index (χ0) is 13.8. The summed E-state index contributed by atoms with van der Waals surface area (Å²) in [5, 5.41) is 8.81. The molecule has 0 aliphatic heterocycles. The first kappa shape index (κ1) is 13.3. The van der Waals surface area contributed by atoms with Gasteiger partial charge in [0.2, 0.25) is 0 Å². The predicted octanol–water partition coefficient (Wildman–Crippen LogP) is 4.24. The molecule has 1 N–H and O–H groups in total. The summed E-state index contributed by atoms with van der Waals surface area (Å²) in [5.74, 6) is -0.709. The summed E-state index contributed by atoms with van der Waals surface area (Å²) in [6.45, 7) is 4.02. The molecule has 2 nitrogen and oxygen atoms in total. The summed E-state index contributed by atoms with van der Waals surface area (Å²) in [6, 6.07) is 16.5. The summed E-state index contributed by atoms with van der Waals surface area (Å²) >= 11 is 0. The molecule has 19 heavy (non-hydrogen) atoms. The lowest BCUT2D eigenvalue weighted by molar-refractivity contribution is -0.137. The van der Waals surface area contributed by atoms with Crippen LogP contribution in [0.15, 0.2) is 48.5 Å². The van der Waals surface area contributed by atoms with Gasteiger partial charge in [-0.25, -0.2) is 0 Å². The molecular weight excluding hydrogens is 236 g/mol. The molecule has 0 bridgehead atoms. The highest BCUT2D eigenvalue weighted by molar-refractivity contribution is 5.68. The van der Waals surface area contributed by atoms with Crippen LogP contribution < -0.4 is 0 Å². The standard InChI is InChI=1S/C17H18O2/c1-12-4-3-5-16(10-12)15-8-6-14(7-9-15)13(2)11-17(18)19/h3-10,13H,11H2,1-2H3,(H,18,19). The minimum Gasteiger partial charge on any atom is -0.481 e. The molecular formula is C17H18O2. The average Bonchev–Trinajstić information content (AvgIpc) is 2.38. The Morgan fingerprint density at radius 1 is 1.11 bits per heavy atom. The van der Waals surface area contributed by atoms with Crippen LogP contribution in [0.1, 0.15) is 30.4 Å². The van der Waals surface area contributed by atoms with E-state index in [4.69, 9.17) is 5.11 Å². The molecule has 0 spiro atoms. The summed E-state index contributed by atoms with van der Waals surface area (Å²) < 4.78 is 0. The van der Waals surface area contributed by atoms with E-state index in [0.29, 0.717) is 0 Å². The van der Waals surface area contributed by atoms with Gasteiger partial charge < -0.3 is 5.11 Å². The van der Waals surface area contributed by atoms with Gasteiger partial charge >= 0.3 is 5.97 Å². The van der Waals surface area contributed by atoms with E-state index in [0.717, 1.165) is 11.1 Å². The van der Waals surface area contributed by atoms with Gasteiger partial charge in [0.05, 0.1) is 6.42 Å². The van der Waals surface area contributed by atoms with Crippen molar-refractivity contribution in [1.82, 2.24) is 0 Å². The minimum absolute atomic E-state index is 0.0454. The first-order valence-electron chi connectivity index (χ1n) is 6.45. The number of carboxylic acids is 1. The lowest BCUT2D eigenvalue weighted by atomic mass is 9.95. The Balaban J connectivity index is 2.21. The molecule has 2 aromatic rings. The molecule has 0 aromatic heterocycles. The van der Waals surface area contributed by atoms with Crippen LogP contribution in [-0.2, 0) is 4.79 Å². The number of carbonyl (C=O) groups is 1. The number of hydrogen-bond donors (Lipinski definition) is 1. The fourth-order valence-electron chi connectivity index (χ4n) is 2.21. The van der Waals surface area contributed by atoms with E-state index < -0.39 is 5.97 Å². The minimum atomic E-state index is -0.754. The van der Waals surface area contributed by atoms with E-state index in [1.54, 1.807) is 0 Å². The zero-order valence-corrected chi connectivity index (χ0v) is 11.3. The largest absolute Gasteiger partial charge is 0.481 e. The van der Waals surface area contributed by atoms with Crippen LogP contribution in [0, 0.1) is 6.92 Å². The van der Waals surface area contributed by atoms with Crippen molar-refractivity contribution in [3.8, 4) is 11.1 Å². The average molecular weight is 254 g/mol. The predicted molar refractivity (Wildman–Crippen MR) is 77.3 cm³/mol. The van der Waals surface area contributed by atoms with Gasteiger partial charge in [-0.3, -0.25) is 4.79 Å². The molecule has 0 aliphatic carbocycles. The van der Waals surface area contributed by atoms with Crippen molar-refractivity contribution < 1.29 is 9.90 Å². The molecule has 2 aromatic carbocycles. The molecule has 2 heteroatoms. The van der Waals surface area contributed by atoms with Crippen LogP contribution in [0.4, 0.5) is 0 Å². The molecule has 0 saturated carbocycles. The Hall–Kier alpha value is -2.09. The third kappa shape index (κ3) is 3.44. The molecule has 0 saturated heterocycles. The normalized spacial score (nSPS) is 12.1. The van der Waals surface area contributed by atoms with Gasteiger partial charge in [-0.1, -0.05) is 61.0 Å². The van der Waals surface area contributed by atoms with Crippen molar-refractivity contribution in [2.75, 3.05) is 0 Å². The Morgan fingerprint density at radius 3 is 2.37 bits per heavy atom. The van der Waals surface area contributed by atoms with Gasteiger partial charge in [-0.15, -0.1) is 0 Å². The highest BCUT2D eigenvalue weighted by atomic mass is 16.4. The van der Waals surface area contributed by atoms with E-state index >= 15 is 0 Å². The van der Waals surface area contributed by atoms with Crippen LogP contribution in [0.25, 0.3) is 11.1 Å². The summed E-state index contributed by atoms with van der Waals surface area (Å²) in [4.78, 5) is 10.7. The van der Waals surface area contributed by atoms with Crippen molar-refractivity contribution in [1.29, 1.82) is 0 Å². The van der Waals surface area contributed by atoms with Gasteiger partial charge in [0, 0.05) is 0 Å². The number of aryl methyl sites for hydroxylation is 1. The van der Waals surface area contributed by atoms with Gasteiger partial charge in [-0.05, 0) is 29.5 Å². The third-order valence-electron chi connectivity index (χ3n) is 3.31. The number of hydrogen-bond acceptors (Lipinski definition) is 1. The summed E-state index contributed by atoms with van der Waals surface area (Å²) in [5.41, 5.74) is 4.66. The fraction of sp³-hybridized carbons (Fsp3) is 0.235. The van der Waals surface area contributed by atoms with Crippen molar-refractivity contribution in [2.24, 2.45) is 0 Å². The monoisotopic (exact) mass is 254 g/mol. The molecule has 0 aliphatic rings. The first-order chi connectivity index (χ1) is 9.06. The molecule has 2 rings (SSSR count). The quantitative estimate of drug-likeness (QED) is 0.886. The van der Waals surface area contributed by atoms with Crippen LogP contribution >= 0.6 is 0 Å². The number of rotatable bonds is 4. The maximum Gasteiger partial charge on any atom is 0.303 e. The lowest BCUT2D eigenvalue weighted by Gasteiger charge is -2.10. The van der Waals surface area contributed by atoms with Crippen molar-refractivity contribution in [3.63, 3.8) is 0 Å². The van der Waals surface area contributed by atoms with E-state index in [-0.39, 0.29) is 12.3 Å². The zero-order valence-electron chi connectivity index (χ0n) is 11.3. The maximum absolute atomic E-state index is 10.7. The molecule has 0 fully saturated rings. The van der Waals surface area contributed by atoms with E-state index in [2.05, 4.69) is 37.3 Å². The molecule has 0 amide bonds. The van der Waals surface area contributed by atoms with E-state index in [9.17, 15) is 4.79 Å². The van der Waals surface area contributed by atoms with Crippen LogP contribution in [0.2, 0.25) is 0 Å². The number of carboxylic acid groups (broad SMARTS) is 1. The van der Waals surface area contributed by atoms with Gasteiger partial charge in [0.25, 0.3) is 0 Å². The van der Waals surface area contributed by atoms with Crippen molar-refractivity contribution >= 4 is 5.97 Å². The Kier molecular flexibility index (Phi) is 4.00. The van der Waals surface area contributed by atoms with Crippen molar-refractivity contribution in [2.45, 2.75) is 26.2 Å². The second kappa shape index (κ2) is 5.70. The van der Waals surface area contributed by atoms with Gasteiger partial charge in [0.15, 0.2) is 0 Å². The first-order valence-corrected chi connectivity index (χ1v) is 6.45. The lowest BCUT2D eigenvalue weighted by Crippen LogP contribution is -2.02. The SMILES string of the molecule is Cc1cccc(-c2ccc(C(C)CC(=O)O)cc2)c1. The smallest absolute Gasteiger partial charge is 0.303 e. The molecule has 1 atom stereocenters. The van der Waals surface area contributed by atoms with Crippen LogP contribution in [0.5, 0.6) is 0 Å². The highest BCUT2D eigenvalue weighted by Crippen LogP contribution is 2.24. The van der Waals surface area contributed by atoms with Gasteiger partial charge in [-0.2, -0.15) is 0 Å². The number of aliphatic carboxylic acids is 1.